The van der Waals surface area contributed by atoms with Gasteiger partial charge in [-0.25, -0.2) is 12.8 Å². The molecule has 0 radical (unpaired) electrons. The van der Waals surface area contributed by atoms with E-state index in [9.17, 15) is 17.6 Å². The third-order valence-corrected chi connectivity index (χ3v) is 7.19. The highest BCUT2D eigenvalue weighted by Crippen LogP contribution is 2.22. The van der Waals surface area contributed by atoms with Crippen LogP contribution in [0.5, 0.6) is 0 Å². The van der Waals surface area contributed by atoms with Crippen molar-refractivity contribution in [3.05, 3.63) is 100 Å². The second-order valence-electron chi connectivity index (χ2n) is 7.35. The lowest BCUT2D eigenvalue weighted by Gasteiger charge is -2.23. The molecule has 0 fully saturated rings. The predicted octanol–water partition coefficient (Wildman–Crippen LogP) is 5.11. The van der Waals surface area contributed by atoms with Gasteiger partial charge >= 0.3 is 0 Å². The Bertz CT molecular complexity index is 1200. The summed E-state index contributed by atoms with van der Waals surface area (Å²) in [4.78, 5) is 12.4. The minimum atomic E-state index is -3.66. The molecule has 1 amide bonds. The van der Waals surface area contributed by atoms with E-state index in [1.165, 1.54) is 6.07 Å². The van der Waals surface area contributed by atoms with E-state index >= 15 is 0 Å². The number of nitrogens with one attached hydrogen (secondary N) is 1. The van der Waals surface area contributed by atoms with Crippen molar-refractivity contribution in [2.24, 2.45) is 0 Å². The highest BCUT2D eigenvalue weighted by atomic mass is 35.5. The second kappa shape index (κ2) is 11.5. The summed E-state index contributed by atoms with van der Waals surface area (Å²) >= 11 is 7.66. The Kier molecular flexibility index (Phi) is 8.77. The van der Waals surface area contributed by atoms with Gasteiger partial charge < -0.3 is 5.32 Å². The molecule has 0 spiro atoms. The van der Waals surface area contributed by atoms with Gasteiger partial charge in [0.15, 0.2) is 0 Å². The maximum absolute atomic E-state index is 14.0. The molecule has 33 heavy (non-hydrogen) atoms. The molecule has 3 rings (SSSR count). The first-order valence-electron chi connectivity index (χ1n) is 10.2. The summed E-state index contributed by atoms with van der Waals surface area (Å²) in [5, 5.41) is 3.56. The van der Waals surface area contributed by atoms with Gasteiger partial charge in [0, 0.05) is 34.2 Å². The molecule has 0 aliphatic rings. The SMILES string of the molecule is CS(=O)(=O)N(Cc1ccccc1F)c1ccc(C(=O)NCCSCc2cccc(Cl)c2)cc1. The molecule has 0 atom stereocenters. The Hall–Kier alpha value is -2.55. The fourth-order valence-corrected chi connectivity index (χ4v) is 5.01. The van der Waals surface area contributed by atoms with E-state index in [1.807, 2.05) is 24.3 Å². The Labute approximate surface area is 203 Å². The van der Waals surface area contributed by atoms with Crippen molar-refractivity contribution in [3.8, 4) is 0 Å². The molecule has 0 bridgehead atoms. The summed E-state index contributed by atoms with van der Waals surface area (Å²) in [6.07, 6.45) is 1.07. The van der Waals surface area contributed by atoms with Crippen LogP contribution in [-0.2, 0) is 22.3 Å². The fourth-order valence-electron chi connectivity index (χ4n) is 3.12. The highest BCUT2D eigenvalue weighted by Gasteiger charge is 2.20. The molecular formula is C24H24ClFN2O3S2. The number of halogens is 2. The van der Waals surface area contributed by atoms with Crippen LogP contribution in [0.25, 0.3) is 0 Å². The largest absolute Gasteiger partial charge is 0.351 e. The molecule has 0 aliphatic heterocycles. The fraction of sp³-hybridized carbons (Fsp3) is 0.208. The van der Waals surface area contributed by atoms with E-state index in [2.05, 4.69) is 5.32 Å². The summed E-state index contributed by atoms with van der Waals surface area (Å²) in [7, 11) is -3.66. The molecule has 3 aromatic rings. The first-order valence-corrected chi connectivity index (χ1v) is 13.5. The molecule has 9 heteroatoms. The number of sulfonamides is 1. The van der Waals surface area contributed by atoms with Crippen LogP contribution in [0.3, 0.4) is 0 Å². The number of benzene rings is 3. The average Bonchev–Trinajstić information content (AvgIpc) is 2.77. The van der Waals surface area contributed by atoms with Crippen LogP contribution < -0.4 is 9.62 Å². The summed E-state index contributed by atoms with van der Waals surface area (Å²) < 4.78 is 39.7. The highest BCUT2D eigenvalue weighted by molar-refractivity contribution is 7.98. The number of carbonyl (C=O) groups excluding carboxylic acids is 1. The van der Waals surface area contributed by atoms with Gasteiger partial charge in [-0.2, -0.15) is 11.8 Å². The zero-order valence-electron chi connectivity index (χ0n) is 18.0. The molecule has 0 aromatic heterocycles. The zero-order chi connectivity index (χ0) is 23.8. The minimum Gasteiger partial charge on any atom is -0.351 e. The van der Waals surface area contributed by atoms with Gasteiger partial charge in [0.25, 0.3) is 5.91 Å². The Morgan fingerprint density at radius 3 is 2.45 bits per heavy atom. The van der Waals surface area contributed by atoms with Crippen LogP contribution in [0.15, 0.2) is 72.8 Å². The third-order valence-electron chi connectivity index (χ3n) is 4.78. The lowest BCUT2D eigenvalue weighted by Crippen LogP contribution is -2.30. The Morgan fingerprint density at radius 2 is 1.79 bits per heavy atom. The van der Waals surface area contributed by atoms with Crippen LogP contribution in [-0.4, -0.2) is 32.9 Å². The lowest BCUT2D eigenvalue weighted by atomic mass is 10.1. The standard InChI is InChI=1S/C24H24ClFN2O3S2/c1-33(30,31)28(16-20-6-2-3-8-23(20)26)22-11-9-19(10-12-22)24(29)27-13-14-32-17-18-5-4-7-21(25)15-18/h2-12,15H,13-14,16-17H2,1H3,(H,27,29). The van der Waals surface area contributed by atoms with E-state index in [0.29, 0.717) is 22.8 Å². The lowest BCUT2D eigenvalue weighted by molar-refractivity contribution is 0.0956. The number of carbonyl (C=O) groups is 1. The number of thioether (sulfide) groups is 1. The third kappa shape index (κ3) is 7.48. The van der Waals surface area contributed by atoms with Crippen molar-refractivity contribution in [3.63, 3.8) is 0 Å². The average molecular weight is 507 g/mol. The molecular weight excluding hydrogens is 483 g/mol. The molecule has 0 heterocycles. The molecule has 0 unspecified atom stereocenters. The minimum absolute atomic E-state index is 0.138. The normalized spacial score (nSPS) is 11.2. The van der Waals surface area contributed by atoms with Crippen molar-refractivity contribution >= 4 is 45.0 Å². The van der Waals surface area contributed by atoms with Crippen molar-refractivity contribution < 1.29 is 17.6 Å². The van der Waals surface area contributed by atoms with Gasteiger partial charge in [-0.1, -0.05) is 41.9 Å². The number of hydrogen-bond acceptors (Lipinski definition) is 4. The number of anilines is 1. The monoisotopic (exact) mass is 506 g/mol. The second-order valence-corrected chi connectivity index (χ2v) is 10.8. The maximum atomic E-state index is 14.0. The van der Waals surface area contributed by atoms with Crippen molar-refractivity contribution in [1.29, 1.82) is 0 Å². The van der Waals surface area contributed by atoms with Gasteiger partial charge in [-0.3, -0.25) is 9.10 Å². The topological polar surface area (TPSA) is 66.5 Å². The summed E-state index contributed by atoms with van der Waals surface area (Å²) in [5.74, 6) is 0.815. The van der Waals surface area contributed by atoms with Crippen molar-refractivity contribution in [2.75, 3.05) is 22.9 Å². The molecule has 1 N–H and O–H groups in total. The number of nitrogens with zero attached hydrogens (tertiary/aromatic N) is 1. The van der Waals surface area contributed by atoms with E-state index in [-0.39, 0.29) is 18.0 Å². The smallest absolute Gasteiger partial charge is 0.251 e. The van der Waals surface area contributed by atoms with Crippen LogP contribution in [0.4, 0.5) is 10.1 Å². The van der Waals surface area contributed by atoms with Gasteiger partial charge in [-0.15, -0.1) is 0 Å². The molecule has 174 valence electrons. The molecule has 5 nitrogen and oxygen atoms in total. The van der Waals surface area contributed by atoms with Gasteiger partial charge in [-0.05, 0) is 48.0 Å². The predicted molar refractivity (Wildman–Crippen MR) is 134 cm³/mol. The molecule has 0 aliphatic carbocycles. The van der Waals surface area contributed by atoms with E-state index in [1.54, 1.807) is 54.2 Å². The van der Waals surface area contributed by atoms with Crippen LogP contribution >= 0.6 is 23.4 Å². The van der Waals surface area contributed by atoms with Crippen LogP contribution in [0, 0.1) is 5.82 Å². The zero-order valence-corrected chi connectivity index (χ0v) is 20.4. The van der Waals surface area contributed by atoms with Crippen molar-refractivity contribution in [2.45, 2.75) is 12.3 Å². The van der Waals surface area contributed by atoms with Crippen LogP contribution in [0.1, 0.15) is 21.5 Å². The number of hydrogen-bond donors (Lipinski definition) is 1. The van der Waals surface area contributed by atoms with E-state index < -0.39 is 15.8 Å². The van der Waals surface area contributed by atoms with Crippen LogP contribution in [0.2, 0.25) is 5.02 Å². The Morgan fingerprint density at radius 1 is 1.06 bits per heavy atom. The molecule has 0 saturated heterocycles. The quantitative estimate of drug-likeness (QED) is 0.388. The van der Waals surface area contributed by atoms with E-state index in [4.69, 9.17) is 11.6 Å². The summed E-state index contributed by atoms with van der Waals surface area (Å²) in [6, 6.07) is 19.9. The molecule has 0 saturated carbocycles. The summed E-state index contributed by atoms with van der Waals surface area (Å²) in [6.45, 7) is 0.357. The summed E-state index contributed by atoms with van der Waals surface area (Å²) in [5.41, 5.74) is 2.16. The van der Waals surface area contributed by atoms with Gasteiger partial charge in [0.05, 0.1) is 18.5 Å². The van der Waals surface area contributed by atoms with E-state index in [0.717, 1.165) is 27.6 Å². The van der Waals surface area contributed by atoms with Gasteiger partial charge in [0.2, 0.25) is 10.0 Å². The first kappa shape index (κ1) is 25.1. The first-order chi connectivity index (χ1) is 15.7. The maximum Gasteiger partial charge on any atom is 0.251 e. The number of amides is 1. The number of rotatable bonds is 10. The van der Waals surface area contributed by atoms with Gasteiger partial charge in [0.1, 0.15) is 5.82 Å². The Balaban J connectivity index is 1.56. The molecule has 3 aromatic carbocycles. The van der Waals surface area contributed by atoms with Crippen molar-refractivity contribution in [1.82, 2.24) is 5.32 Å².